The number of hydrogen-bond donors (Lipinski definition) is 1. The van der Waals surface area contributed by atoms with Crippen LogP contribution < -0.4 is 5.73 Å². The molecule has 0 bridgehead atoms. The molecular weight excluding hydrogens is 383 g/mol. The monoisotopic (exact) mass is 408 g/mol. The highest BCUT2D eigenvalue weighted by Crippen LogP contribution is 2.44. The molecule has 3 aliphatic rings. The summed E-state index contributed by atoms with van der Waals surface area (Å²) in [5, 5.41) is 5.71. The molecule has 0 radical (unpaired) electrons. The summed E-state index contributed by atoms with van der Waals surface area (Å²) in [6, 6.07) is 2.04. The lowest BCUT2D eigenvalue weighted by atomic mass is 10.1. The van der Waals surface area contributed by atoms with Crippen LogP contribution in [-0.4, -0.2) is 55.7 Å². The summed E-state index contributed by atoms with van der Waals surface area (Å²) in [6.45, 7) is 6.64. The lowest BCUT2D eigenvalue weighted by Gasteiger charge is -2.35. The van der Waals surface area contributed by atoms with Crippen molar-refractivity contribution < 1.29 is 4.79 Å². The first-order valence-electron chi connectivity index (χ1n) is 10.0. The SMILES string of the molecule is Cc1cn2nc(C3=CC(=O)N4C=C(N5CCC(CN)C5)C=CC4P3)cc2c(C)n1. The standard InChI is InChI=1S/C21H25N6OP/c1-13-10-27-18(14(2)23-13)7-17(24-27)19-8-20(28)26-12-16(3-4-21(26)29-19)25-6-5-15(9-22)11-25/h3-4,7-8,10,12,15,21,29H,5-6,9,11,22H2,1-2H3. The van der Waals surface area contributed by atoms with E-state index in [1.165, 1.54) is 0 Å². The highest BCUT2D eigenvalue weighted by Gasteiger charge is 2.31. The average Bonchev–Trinajstić information content (AvgIpc) is 3.35. The van der Waals surface area contributed by atoms with E-state index in [0.717, 1.165) is 59.7 Å². The maximum Gasteiger partial charge on any atom is 0.252 e. The predicted octanol–water partition coefficient (Wildman–Crippen LogP) is 2.23. The highest BCUT2D eigenvalue weighted by atomic mass is 31.1. The number of nitrogens with zero attached hydrogens (tertiary/aromatic N) is 5. The van der Waals surface area contributed by atoms with Crippen LogP contribution >= 0.6 is 8.58 Å². The first kappa shape index (κ1) is 18.5. The minimum absolute atomic E-state index is 0.0169. The summed E-state index contributed by atoms with van der Waals surface area (Å²) in [5.74, 6) is 0.622. The van der Waals surface area contributed by atoms with Gasteiger partial charge in [0, 0.05) is 30.7 Å². The van der Waals surface area contributed by atoms with Gasteiger partial charge in [-0.3, -0.25) is 9.78 Å². The van der Waals surface area contributed by atoms with Gasteiger partial charge < -0.3 is 15.5 Å². The van der Waals surface area contributed by atoms with E-state index < -0.39 is 0 Å². The highest BCUT2D eigenvalue weighted by molar-refractivity contribution is 7.51. The molecule has 7 nitrogen and oxygen atoms in total. The Morgan fingerprint density at radius 1 is 1.34 bits per heavy atom. The van der Waals surface area contributed by atoms with Gasteiger partial charge in [-0.15, -0.1) is 0 Å². The van der Waals surface area contributed by atoms with Crippen molar-refractivity contribution in [2.75, 3.05) is 19.6 Å². The molecule has 0 aromatic carbocycles. The molecule has 2 N–H and O–H groups in total. The second-order valence-electron chi connectivity index (χ2n) is 7.97. The number of carbonyl (C=O) groups is 1. The molecule has 8 heteroatoms. The number of nitrogens with two attached hydrogens (primary N) is 1. The number of likely N-dealkylation sites (tertiary alicyclic amines) is 1. The fraction of sp³-hybridized carbons (Fsp3) is 0.381. The maximum atomic E-state index is 12.9. The second-order valence-corrected chi connectivity index (χ2v) is 9.39. The average molecular weight is 408 g/mol. The first-order valence-corrected chi connectivity index (χ1v) is 11.1. The Hall–Kier alpha value is -2.50. The smallest absolute Gasteiger partial charge is 0.252 e. The fourth-order valence-electron chi connectivity index (χ4n) is 4.28. The van der Waals surface area contributed by atoms with Crippen molar-refractivity contribution >= 4 is 25.3 Å². The van der Waals surface area contributed by atoms with E-state index in [4.69, 9.17) is 10.8 Å². The normalized spacial score (nSPS) is 25.0. The van der Waals surface area contributed by atoms with Crippen molar-refractivity contribution in [1.29, 1.82) is 0 Å². The maximum absolute atomic E-state index is 12.9. The second kappa shape index (κ2) is 7.08. The van der Waals surface area contributed by atoms with Gasteiger partial charge in [0.1, 0.15) is 0 Å². The molecule has 3 aliphatic heterocycles. The number of aromatic nitrogens is 3. The van der Waals surface area contributed by atoms with Crippen molar-refractivity contribution in [3.8, 4) is 0 Å². The molecule has 0 aliphatic carbocycles. The van der Waals surface area contributed by atoms with Crippen LogP contribution in [0.3, 0.4) is 0 Å². The van der Waals surface area contributed by atoms with E-state index in [0.29, 0.717) is 14.5 Å². The van der Waals surface area contributed by atoms with E-state index in [2.05, 4.69) is 22.0 Å². The molecule has 0 saturated carbocycles. The van der Waals surface area contributed by atoms with E-state index in [9.17, 15) is 4.79 Å². The zero-order valence-corrected chi connectivity index (χ0v) is 17.7. The zero-order chi connectivity index (χ0) is 20.1. The van der Waals surface area contributed by atoms with Crippen LogP contribution in [-0.2, 0) is 4.79 Å². The van der Waals surface area contributed by atoms with Crippen LogP contribution in [0.4, 0.5) is 0 Å². The summed E-state index contributed by atoms with van der Waals surface area (Å²) < 4.78 is 1.87. The van der Waals surface area contributed by atoms with E-state index >= 15 is 0 Å². The van der Waals surface area contributed by atoms with Crippen molar-refractivity contribution in [3.05, 3.63) is 59.5 Å². The summed E-state index contributed by atoms with van der Waals surface area (Å²) in [7, 11) is 0.460. The van der Waals surface area contributed by atoms with Crippen LogP contribution in [0.25, 0.3) is 10.8 Å². The Morgan fingerprint density at radius 3 is 3.00 bits per heavy atom. The molecule has 3 unspecified atom stereocenters. The summed E-state index contributed by atoms with van der Waals surface area (Å²) in [5.41, 5.74) is 10.7. The number of rotatable bonds is 3. The minimum atomic E-state index is 0.0169. The van der Waals surface area contributed by atoms with Gasteiger partial charge in [-0.1, -0.05) is 14.7 Å². The molecule has 1 fully saturated rings. The lowest BCUT2D eigenvalue weighted by Crippen LogP contribution is -2.37. The Balaban J connectivity index is 1.42. The molecule has 1 amide bonds. The first-order chi connectivity index (χ1) is 14.0. The fourth-order valence-corrected chi connectivity index (χ4v) is 5.61. The number of fused-ring (bicyclic) bond motifs is 2. The van der Waals surface area contributed by atoms with Crippen molar-refractivity contribution in [1.82, 2.24) is 24.4 Å². The van der Waals surface area contributed by atoms with Crippen LogP contribution in [0.5, 0.6) is 0 Å². The van der Waals surface area contributed by atoms with Crippen molar-refractivity contribution in [2.45, 2.75) is 26.1 Å². The number of carbonyl (C=O) groups excluding carboxylic acids is 1. The largest absolute Gasteiger partial charge is 0.370 e. The molecule has 1 saturated heterocycles. The van der Waals surface area contributed by atoms with Crippen molar-refractivity contribution in [3.63, 3.8) is 0 Å². The van der Waals surface area contributed by atoms with Crippen LogP contribution in [0, 0.1) is 19.8 Å². The van der Waals surface area contributed by atoms with Gasteiger partial charge in [0.2, 0.25) is 0 Å². The van der Waals surface area contributed by atoms with E-state index in [1.807, 2.05) is 41.7 Å². The van der Waals surface area contributed by atoms with Gasteiger partial charge >= 0.3 is 0 Å². The quantitative estimate of drug-likeness (QED) is 0.788. The van der Waals surface area contributed by atoms with Crippen LogP contribution in [0.1, 0.15) is 23.5 Å². The summed E-state index contributed by atoms with van der Waals surface area (Å²) in [4.78, 5) is 21.6. The topological polar surface area (TPSA) is 79.8 Å². The van der Waals surface area contributed by atoms with Gasteiger partial charge in [-0.25, -0.2) is 4.52 Å². The van der Waals surface area contributed by atoms with Gasteiger partial charge in [0.15, 0.2) is 0 Å². The molecule has 5 heterocycles. The number of amides is 1. The third-order valence-corrected chi connectivity index (χ3v) is 7.34. The number of hydrogen-bond acceptors (Lipinski definition) is 5. The molecule has 150 valence electrons. The molecule has 2 aromatic heterocycles. The molecule has 0 spiro atoms. The van der Waals surface area contributed by atoms with Crippen LogP contribution in [0.2, 0.25) is 0 Å². The predicted molar refractivity (Wildman–Crippen MR) is 115 cm³/mol. The van der Waals surface area contributed by atoms with E-state index in [1.54, 1.807) is 6.08 Å². The van der Waals surface area contributed by atoms with Gasteiger partial charge in [-0.05, 0) is 44.9 Å². The molecule has 3 atom stereocenters. The molecule has 29 heavy (non-hydrogen) atoms. The zero-order valence-electron chi connectivity index (χ0n) is 16.7. The van der Waals surface area contributed by atoms with Gasteiger partial charge in [0.05, 0.1) is 40.3 Å². The Labute approximate surface area is 171 Å². The Morgan fingerprint density at radius 2 is 2.21 bits per heavy atom. The number of allylic oxidation sites excluding steroid dienone is 1. The third-order valence-electron chi connectivity index (χ3n) is 5.87. The third kappa shape index (κ3) is 3.28. The van der Waals surface area contributed by atoms with Gasteiger partial charge in [-0.2, -0.15) is 5.10 Å². The van der Waals surface area contributed by atoms with Crippen molar-refractivity contribution in [2.24, 2.45) is 11.7 Å². The Bertz CT molecular complexity index is 1080. The van der Waals surface area contributed by atoms with Gasteiger partial charge in [0.25, 0.3) is 5.91 Å². The number of aryl methyl sites for hydroxylation is 2. The molecule has 5 rings (SSSR count). The minimum Gasteiger partial charge on any atom is -0.370 e. The Kier molecular flexibility index (Phi) is 4.52. The molecule has 2 aromatic rings. The molecular formula is C21H25N6OP. The van der Waals surface area contributed by atoms with E-state index in [-0.39, 0.29) is 11.7 Å². The summed E-state index contributed by atoms with van der Waals surface area (Å²) in [6.07, 6.45) is 11.1. The lowest BCUT2D eigenvalue weighted by molar-refractivity contribution is -0.123. The summed E-state index contributed by atoms with van der Waals surface area (Å²) >= 11 is 0. The van der Waals surface area contributed by atoms with Crippen LogP contribution in [0.15, 0.2) is 42.4 Å².